The Kier molecular flexibility index (Phi) is 7.13. The molecule has 2 amide bonds. The molecule has 4 rings (SSSR count). The average Bonchev–Trinajstić information content (AvgIpc) is 2.73. The quantitative estimate of drug-likeness (QED) is 0.729. The number of benzene rings is 2. The molecule has 2 aromatic carbocycles. The lowest BCUT2D eigenvalue weighted by molar-refractivity contribution is -0.116. The smallest absolute Gasteiger partial charge is 0.253 e. The van der Waals surface area contributed by atoms with Gasteiger partial charge in [-0.3, -0.25) is 19.3 Å². The number of carbonyl (C=O) groups excluding carboxylic acids is 3. The molecule has 0 aliphatic carbocycles. The van der Waals surface area contributed by atoms with Gasteiger partial charge in [0, 0.05) is 54.4 Å². The van der Waals surface area contributed by atoms with E-state index in [0.29, 0.717) is 61.7 Å². The van der Waals surface area contributed by atoms with Gasteiger partial charge in [0.05, 0.1) is 6.54 Å². The lowest BCUT2D eigenvalue weighted by Crippen LogP contribution is -2.49. The number of nitrogens with zero attached hydrogens (tertiary/aromatic N) is 2. The third-order valence-corrected chi connectivity index (χ3v) is 5.66. The lowest BCUT2D eigenvalue weighted by Gasteiger charge is -2.34. The molecule has 158 valence electrons. The molecule has 0 radical (unpaired) electrons. The summed E-state index contributed by atoms with van der Waals surface area (Å²) in [5, 5.41) is 3.39. The molecule has 8 heteroatoms. The van der Waals surface area contributed by atoms with Crippen LogP contribution in [0.5, 0.6) is 0 Å². The molecule has 0 unspecified atom stereocenters. The topological polar surface area (TPSA) is 69.7 Å². The predicted molar refractivity (Wildman–Crippen MR) is 119 cm³/mol. The maximum Gasteiger partial charge on any atom is 0.253 e. The number of ketones is 1. The van der Waals surface area contributed by atoms with Crippen LogP contribution in [0.15, 0.2) is 42.5 Å². The summed E-state index contributed by atoms with van der Waals surface area (Å²) in [4.78, 5) is 40.7. The maximum atomic E-state index is 12.9. The number of halogens is 2. The van der Waals surface area contributed by atoms with Crippen LogP contribution in [0.25, 0.3) is 0 Å². The SMILES string of the molecule is Cl.O=C1CCc2cc(C(=O)N3CCN(CC(=O)c4cccc(Cl)c4)CC3)ccc2N1. The molecular weight excluding hydrogens is 425 g/mol. The first-order valence-electron chi connectivity index (χ1n) is 9.73. The van der Waals surface area contributed by atoms with Gasteiger partial charge in [-0.1, -0.05) is 23.7 Å². The van der Waals surface area contributed by atoms with Gasteiger partial charge in [-0.05, 0) is 42.3 Å². The summed E-state index contributed by atoms with van der Waals surface area (Å²) < 4.78 is 0. The number of Topliss-reactive ketones (excluding diaryl/α,β-unsaturated/α-hetero) is 1. The van der Waals surface area contributed by atoms with Crippen LogP contribution >= 0.6 is 24.0 Å². The number of amides is 2. The Morgan fingerprint density at radius 1 is 0.967 bits per heavy atom. The van der Waals surface area contributed by atoms with E-state index in [1.807, 2.05) is 11.0 Å². The number of piperazine rings is 1. The summed E-state index contributed by atoms with van der Waals surface area (Å²) in [6.07, 6.45) is 1.10. The summed E-state index contributed by atoms with van der Waals surface area (Å²) in [6.45, 7) is 2.78. The van der Waals surface area contributed by atoms with Crippen molar-refractivity contribution in [3.8, 4) is 0 Å². The molecule has 2 aliphatic heterocycles. The van der Waals surface area contributed by atoms with E-state index in [1.54, 1.807) is 36.4 Å². The first-order valence-corrected chi connectivity index (χ1v) is 10.1. The van der Waals surface area contributed by atoms with Crippen LogP contribution in [-0.2, 0) is 11.2 Å². The third kappa shape index (κ3) is 5.01. The van der Waals surface area contributed by atoms with Gasteiger partial charge in [0.15, 0.2) is 5.78 Å². The predicted octanol–water partition coefficient (Wildman–Crippen LogP) is 3.29. The number of hydrogen-bond donors (Lipinski definition) is 1. The standard InChI is InChI=1S/C22H22ClN3O3.ClH/c23-18-3-1-2-16(13-18)20(27)14-25-8-10-26(11-9-25)22(29)17-4-6-19-15(12-17)5-7-21(28)24-19;/h1-4,6,12-13H,5,7-11,14H2,(H,24,28);1H. The zero-order valence-corrected chi connectivity index (χ0v) is 18.0. The maximum absolute atomic E-state index is 12.9. The highest BCUT2D eigenvalue weighted by Crippen LogP contribution is 2.24. The van der Waals surface area contributed by atoms with Crippen molar-refractivity contribution in [3.05, 3.63) is 64.2 Å². The van der Waals surface area contributed by atoms with E-state index in [9.17, 15) is 14.4 Å². The first kappa shape index (κ1) is 22.3. The van der Waals surface area contributed by atoms with Crippen molar-refractivity contribution in [3.63, 3.8) is 0 Å². The van der Waals surface area contributed by atoms with Crippen molar-refractivity contribution in [1.29, 1.82) is 0 Å². The largest absolute Gasteiger partial charge is 0.336 e. The lowest BCUT2D eigenvalue weighted by atomic mass is 10.00. The molecular formula is C22H23Cl2N3O3. The second-order valence-electron chi connectivity index (χ2n) is 7.42. The molecule has 2 heterocycles. The zero-order chi connectivity index (χ0) is 20.4. The number of anilines is 1. The number of aryl methyl sites for hydroxylation is 1. The molecule has 2 aliphatic rings. The van der Waals surface area contributed by atoms with Crippen LogP contribution < -0.4 is 5.32 Å². The Hall–Kier alpha value is -2.41. The molecule has 2 aromatic rings. The van der Waals surface area contributed by atoms with Crippen LogP contribution in [0.3, 0.4) is 0 Å². The van der Waals surface area contributed by atoms with Gasteiger partial charge in [-0.25, -0.2) is 0 Å². The van der Waals surface area contributed by atoms with E-state index in [1.165, 1.54) is 0 Å². The van der Waals surface area contributed by atoms with E-state index in [2.05, 4.69) is 10.2 Å². The van der Waals surface area contributed by atoms with Gasteiger partial charge >= 0.3 is 0 Å². The van der Waals surface area contributed by atoms with Crippen LogP contribution in [0, 0.1) is 0 Å². The number of rotatable bonds is 4. The molecule has 0 saturated carbocycles. The Labute approximate surface area is 186 Å². The van der Waals surface area contributed by atoms with Crippen molar-refractivity contribution >= 4 is 47.3 Å². The van der Waals surface area contributed by atoms with Gasteiger partial charge in [-0.15, -0.1) is 12.4 Å². The van der Waals surface area contributed by atoms with Gasteiger partial charge in [0.1, 0.15) is 0 Å². The minimum atomic E-state index is -0.00878. The highest BCUT2D eigenvalue weighted by atomic mass is 35.5. The fourth-order valence-electron chi connectivity index (χ4n) is 3.76. The molecule has 0 atom stereocenters. The summed E-state index contributed by atoms with van der Waals surface area (Å²) >= 11 is 5.96. The summed E-state index contributed by atoms with van der Waals surface area (Å²) in [5.41, 5.74) is 3.05. The third-order valence-electron chi connectivity index (χ3n) is 5.42. The van der Waals surface area contributed by atoms with Crippen LogP contribution in [0.2, 0.25) is 5.02 Å². The van der Waals surface area contributed by atoms with Crippen LogP contribution in [0.1, 0.15) is 32.7 Å². The monoisotopic (exact) mass is 447 g/mol. The van der Waals surface area contributed by atoms with Crippen LogP contribution in [0.4, 0.5) is 5.69 Å². The Morgan fingerprint density at radius 3 is 2.47 bits per heavy atom. The van der Waals surface area contributed by atoms with Crippen molar-refractivity contribution in [2.24, 2.45) is 0 Å². The van der Waals surface area contributed by atoms with Gasteiger partial charge in [0.2, 0.25) is 5.91 Å². The van der Waals surface area contributed by atoms with Crippen molar-refractivity contribution in [1.82, 2.24) is 9.80 Å². The average molecular weight is 448 g/mol. The van der Waals surface area contributed by atoms with Crippen molar-refractivity contribution < 1.29 is 14.4 Å². The zero-order valence-electron chi connectivity index (χ0n) is 16.4. The number of nitrogens with one attached hydrogen (secondary N) is 1. The molecule has 1 N–H and O–H groups in total. The summed E-state index contributed by atoms with van der Waals surface area (Å²) in [5.74, 6) is 0.0366. The van der Waals surface area contributed by atoms with Gasteiger partial charge in [-0.2, -0.15) is 0 Å². The van der Waals surface area contributed by atoms with Crippen molar-refractivity contribution in [2.75, 3.05) is 38.0 Å². The van der Waals surface area contributed by atoms with Gasteiger partial charge < -0.3 is 10.2 Å². The minimum absolute atomic E-state index is 0. The molecule has 0 aromatic heterocycles. The Morgan fingerprint density at radius 2 is 1.73 bits per heavy atom. The number of fused-ring (bicyclic) bond motifs is 1. The summed E-state index contributed by atoms with van der Waals surface area (Å²) in [7, 11) is 0. The molecule has 30 heavy (non-hydrogen) atoms. The first-order chi connectivity index (χ1) is 14.0. The Bertz CT molecular complexity index is 972. The second kappa shape index (κ2) is 9.60. The van der Waals surface area contributed by atoms with Crippen molar-refractivity contribution in [2.45, 2.75) is 12.8 Å². The highest BCUT2D eigenvalue weighted by molar-refractivity contribution is 6.31. The van der Waals surface area contributed by atoms with E-state index in [4.69, 9.17) is 11.6 Å². The second-order valence-corrected chi connectivity index (χ2v) is 7.86. The molecule has 1 fully saturated rings. The van der Waals surface area contributed by atoms with Crippen LogP contribution in [-0.4, -0.2) is 60.1 Å². The minimum Gasteiger partial charge on any atom is -0.336 e. The molecule has 1 saturated heterocycles. The van der Waals surface area contributed by atoms with E-state index in [-0.39, 0.29) is 30.0 Å². The molecule has 6 nitrogen and oxygen atoms in total. The fraction of sp³-hybridized carbons (Fsp3) is 0.318. The highest BCUT2D eigenvalue weighted by Gasteiger charge is 2.25. The Balaban J connectivity index is 0.00000256. The van der Waals surface area contributed by atoms with Gasteiger partial charge in [0.25, 0.3) is 5.91 Å². The number of hydrogen-bond acceptors (Lipinski definition) is 4. The van der Waals surface area contributed by atoms with E-state index < -0.39 is 0 Å². The van der Waals surface area contributed by atoms with E-state index in [0.717, 1.165) is 11.3 Å². The number of carbonyl (C=O) groups is 3. The summed E-state index contributed by atoms with van der Waals surface area (Å²) in [6, 6.07) is 12.4. The molecule has 0 spiro atoms. The van der Waals surface area contributed by atoms with E-state index >= 15 is 0 Å². The normalized spacial score (nSPS) is 16.3. The molecule has 0 bridgehead atoms. The fourth-order valence-corrected chi connectivity index (χ4v) is 3.95.